The lowest BCUT2D eigenvalue weighted by Gasteiger charge is -2.35. The van der Waals surface area contributed by atoms with Crippen LogP contribution >= 0.6 is 0 Å². The molecule has 1 saturated heterocycles. The summed E-state index contributed by atoms with van der Waals surface area (Å²) in [5, 5.41) is 3.17. The monoisotopic (exact) mass is 449 g/mol. The first-order chi connectivity index (χ1) is 15.7. The molecular weight excluding hydrogens is 418 g/mol. The summed E-state index contributed by atoms with van der Waals surface area (Å²) in [6.45, 7) is 8.22. The van der Waals surface area contributed by atoms with Crippen LogP contribution in [0.2, 0.25) is 0 Å². The maximum atomic E-state index is 12.6. The Hall–Kier alpha value is -3.26. The second kappa shape index (κ2) is 9.31. The molecule has 1 fully saturated rings. The van der Waals surface area contributed by atoms with Crippen LogP contribution < -0.4 is 16.6 Å². The van der Waals surface area contributed by atoms with Crippen LogP contribution in [0.15, 0.2) is 46.0 Å². The van der Waals surface area contributed by atoms with Gasteiger partial charge in [0, 0.05) is 40.3 Å². The summed E-state index contributed by atoms with van der Waals surface area (Å²) in [7, 11) is 2.95. The van der Waals surface area contributed by atoms with Gasteiger partial charge in [-0.25, -0.2) is 9.78 Å². The topological polar surface area (TPSA) is 89.2 Å². The van der Waals surface area contributed by atoms with Crippen molar-refractivity contribution in [1.29, 1.82) is 0 Å². The van der Waals surface area contributed by atoms with E-state index in [9.17, 15) is 14.4 Å². The zero-order chi connectivity index (χ0) is 23.7. The molecule has 174 valence electrons. The van der Waals surface area contributed by atoms with E-state index < -0.39 is 11.2 Å². The molecule has 1 aliphatic heterocycles. The summed E-state index contributed by atoms with van der Waals surface area (Å²) < 4.78 is 2.30. The summed E-state index contributed by atoms with van der Waals surface area (Å²) in [5.41, 5.74) is 1.71. The van der Waals surface area contributed by atoms with Gasteiger partial charge in [-0.05, 0) is 41.5 Å². The largest absolute Gasteiger partial charge is 0.347 e. The Bertz CT molecular complexity index is 1280. The molecule has 0 saturated carbocycles. The molecule has 33 heavy (non-hydrogen) atoms. The van der Waals surface area contributed by atoms with Gasteiger partial charge in [0.2, 0.25) is 0 Å². The van der Waals surface area contributed by atoms with E-state index >= 15 is 0 Å². The van der Waals surface area contributed by atoms with Crippen LogP contribution in [-0.4, -0.2) is 38.0 Å². The van der Waals surface area contributed by atoms with Crippen LogP contribution in [-0.2, 0) is 27.2 Å². The standard InChI is InChI=1S/C25H31N5O3/c1-16-11-17(2)14-30(13-16)15-19-7-5-18(6-8-19)12-26-23(31)21-10-9-20-22(27-21)28(3)25(33)29(4)24(20)32/h5-10,16-17H,11-15H2,1-4H3,(H,26,31). The normalized spacial score (nSPS) is 19.0. The van der Waals surface area contributed by atoms with Crippen molar-refractivity contribution >= 4 is 16.9 Å². The number of nitrogens with zero attached hydrogens (tertiary/aromatic N) is 4. The van der Waals surface area contributed by atoms with Crippen molar-refractivity contribution in [2.45, 2.75) is 33.4 Å². The number of piperidine rings is 1. The fourth-order valence-electron chi connectivity index (χ4n) is 4.80. The average molecular weight is 450 g/mol. The molecule has 8 heteroatoms. The molecule has 3 aromatic rings. The molecule has 3 heterocycles. The molecule has 0 radical (unpaired) electrons. The van der Waals surface area contributed by atoms with Crippen molar-refractivity contribution in [3.63, 3.8) is 0 Å². The van der Waals surface area contributed by atoms with Gasteiger partial charge in [0.15, 0.2) is 0 Å². The molecule has 8 nitrogen and oxygen atoms in total. The Kier molecular flexibility index (Phi) is 6.47. The lowest BCUT2D eigenvalue weighted by molar-refractivity contribution is 0.0946. The maximum absolute atomic E-state index is 12.6. The van der Waals surface area contributed by atoms with Gasteiger partial charge in [0.25, 0.3) is 11.5 Å². The van der Waals surface area contributed by atoms with Crippen LogP contribution in [0.1, 0.15) is 41.9 Å². The van der Waals surface area contributed by atoms with Crippen molar-refractivity contribution in [2.24, 2.45) is 25.9 Å². The number of carbonyl (C=O) groups excluding carboxylic acids is 1. The second-order valence-corrected chi connectivity index (χ2v) is 9.41. The fourth-order valence-corrected chi connectivity index (χ4v) is 4.80. The van der Waals surface area contributed by atoms with E-state index in [1.807, 2.05) is 12.1 Å². The molecule has 1 amide bonds. The molecule has 2 atom stereocenters. The first-order valence-electron chi connectivity index (χ1n) is 11.4. The van der Waals surface area contributed by atoms with Gasteiger partial charge < -0.3 is 5.32 Å². The first kappa shape index (κ1) is 22.9. The number of likely N-dealkylation sites (tertiary alicyclic amines) is 1. The van der Waals surface area contributed by atoms with Gasteiger partial charge in [-0.2, -0.15) is 0 Å². The highest BCUT2D eigenvalue weighted by Gasteiger charge is 2.21. The van der Waals surface area contributed by atoms with Crippen LogP contribution in [0, 0.1) is 11.8 Å². The highest BCUT2D eigenvalue weighted by Crippen LogP contribution is 2.22. The number of benzene rings is 1. The Balaban J connectivity index is 1.41. The third-order valence-corrected chi connectivity index (χ3v) is 6.36. The lowest BCUT2D eigenvalue weighted by Crippen LogP contribution is -2.38. The van der Waals surface area contributed by atoms with Crippen molar-refractivity contribution in [2.75, 3.05) is 13.1 Å². The summed E-state index contributed by atoms with van der Waals surface area (Å²) in [4.78, 5) is 43.9. The Morgan fingerprint density at radius 3 is 2.27 bits per heavy atom. The van der Waals surface area contributed by atoms with Gasteiger partial charge in [-0.3, -0.25) is 23.6 Å². The number of amides is 1. The van der Waals surface area contributed by atoms with E-state index in [2.05, 4.69) is 41.2 Å². The highest BCUT2D eigenvalue weighted by molar-refractivity contribution is 5.94. The minimum atomic E-state index is -0.480. The van der Waals surface area contributed by atoms with Gasteiger partial charge >= 0.3 is 5.69 Å². The summed E-state index contributed by atoms with van der Waals surface area (Å²) in [6.07, 6.45) is 1.30. The molecule has 2 unspecified atom stereocenters. The zero-order valence-electron chi connectivity index (χ0n) is 19.7. The Morgan fingerprint density at radius 1 is 0.970 bits per heavy atom. The summed E-state index contributed by atoms with van der Waals surface area (Å²) >= 11 is 0. The number of aromatic nitrogens is 3. The predicted molar refractivity (Wildman–Crippen MR) is 128 cm³/mol. The molecule has 1 aromatic carbocycles. The van der Waals surface area contributed by atoms with Gasteiger partial charge in [-0.1, -0.05) is 38.1 Å². The molecule has 1 N–H and O–H groups in total. The number of pyridine rings is 1. The lowest BCUT2D eigenvalue weighted by atomic mass is 9.91. The Labute approximate surface area is 192 Å². The van der Waals surface area contributed by atoms with E-state index in [4.69, 9.17) is 0 Å². The van der Waals surface area contributed by atoms with E-state index in [-0.39, 0.29) is 17.2 Å². The van der Waals surface area contributed by atoms with E-state index in [1.165, 1.54) is 42.8 Å². The number of carbonyl (C=O) groups is 1. The minimum Gasteiger partial charge on any atom is -0.347 e. The minimum absolute atomic E-state index is 0.163. The van der Waals surface area contributed by atoms with Crippen LogP contribution in [0.25, 0.3) is 11.0 Å². The molecule has 2 aromatic heterocycles. The second-order valence-electron chi connectivity index (χ2n) is 9.41. The molecule has 0 aliphatic carbocycles. The number of fused-ring (bicyclic) bond motifs is 1. The van der Waals surface area contributed by atoms with Crippen LogP contribution in [0.4, 0.5) is 0 Å². The summed E-state index contributed by atoms with van der Waals surface area (Å²) in [6, 6.07) is 11.3. The number of hydrogen-bond acceptors (Lipinski definition) is 5. The van der Waals surface area contributed by atoms with Crippen molar-refractivity contribution in [3.05, 3.63) is 74.1 Å². The number of hydrogen-bond donors (Lipinski definition) is 1. The number of aryl methyl sites for hydroxylation is 1. The predicted octanol–water partition coefficient (Wildman–Crippen LogP) is 2.04. The SMILES string of the molecule is CC1CC(C)CN(Cc2ccc(CNC(=O)c3ccc4c(=O)n(C)c(=O)n(C)c4n3)cc2)C1. The maximum Gasteiger partial charge on any atom is 0.332 e. The highest BCUT2D eigenvalue weighted by atomic mass is 16.2. The molecule has 0 bridgehead atoms. The third-order valence-electron chi connectivity index (χ3n) is 6.36. The van der Waals surface area contributed by atoms with Crippen molar-refractivity contribution < 1.29 is 4.79 Å². The molecular formula is C25H31N5O3. The van der Waals surface area contributed by atoms with Crippen molar-refractivity contribution in [3.8, 4) is 0 Å². The van der Waals surface area contributed by atoms with Gasteiger partial charge in [0.05, 0.1) is 5.39 Å². The summed E-state index contributed by atoms with van der Waals surface area (Å²) in [5.74, 6) is 1.11. The number of rotatable bonds is 5. The van der Waals surface area contributed by atoms with E-state index in [0.29, 0.717) is 11.9 Å². The molecule has 1 aliphatic rings. The van der Waals surface area contributed by atoms with Crippen LogP contribution in [0.5, 0.6) is 0 Å². The smallest absolute Gasteiger partial charge is 0.332 e. The zero-order valence-corrected chi connectivity index (χ0v) is 19.7. The van der Waals surface area contributed by atoms with Gasteiger partial charge in [-0.15, -0.1) is 0 Å². The quantitative estimate of drug-likeness (QED) is 0.644. The van der Waals surface area contributed by atoms with Crippen molar-refractivity contribution in [1.82, 2.24) is 24.3 Å². The number of nitrogens with one attached hydrogen (secondary N) is 1. The third kappa shape index (κ3) is 4.90. The van der Waals surface area contributed by atoms with E-state index in [0.717, 1.165) is 41.6 Å². The van der Waals surface area contributed by atoms with E-state index in [1.54, 1.807) is 0 Å². The fraction of sp³-hybridized carbons (Fsp3) is 0.440. The Morgan fingerprint density at radius 2 is 1.61 bits per heavy atom. The average Bonchev–Trinajstić information content (AvgIpc) is 2.79. The molecule has 0 spiro atoms. The van der Waals surface area contributed by atoms with Gasteiger partial charge in [0.1, 0.15) is 11.3 Å². The molecule has 4 rings (SSSR count). The van der Waals surface area contributed by atoms with Crippen LogP contribution in [0.3, 0.4) is 0 Å². The first-order valence-corrected chi connectivity index (χ1v) is 11.4.